The van der Waals surface area contributed by atoms with Crippen molar-refractivity contribution >= 4 is 27.3 Å². The lowest BCUT2D eigenvalue weighted by molar-refractivity contribution is 0.244. The number of methoxy groups -OCH3 is 1. The van der Waals surface area contributed by atoms with Crippen molar-refractivity contribution in [2.75, 3.05) is 13.7 Å². The van der Waals surface area contributed by atoms with Crippen molar-refractivity contribution in [2.45, 2.75) is 32.9 Å². The maximum absolute atomic E-state index is 9.00. The monoisotopic (exact) mass is 321 g/mol. The Labute approximate surface area is 115 Å². The first kappa shape index (κ1) is 15.0. The summed E-state index contributed by atoms with van der Waals surface area (Å²) in [7, 11) is 1.68. The van der Waals surface area contributed by atoms with Gasteiger partial charge in [-0.25, -0.2) is 0 Å². The van der Waals surface area contributed by atoms with Crippen LogP contribution in [-0.2, 0) is 6.54 Å². The maximum Gasteiger partial charge on any atom is 0.188 e. The summed E-state index contributed by atoms with van der Waals surface area (Å²) in [5.41, 5.74) is 0. The molecular weight excluding hydrogens is 302 g/mol. The van der Waals surface area contributed by atoms with Gasteiger partial charge in [0.1, 0.15) is 0 Å². The van der Waals surface area contributed by atoms with Crippen LogP contribution < -0.4 is 10.1 Å². The highest BCUT2D eigenvalue weighted by molar-refractivity contribution is 9.10. The van der Waals surface area contributed by atoms with Gasteiger partial charge in [0.05, 0.1) is 11.6 Å². The number of hydrogen-bond acceptors (Lipinski definition) is 4. The number of nitrogens with one attached hydrogen (secondary N) is 1. The van der Waals surface area contributed by atoms with Gasteiger partial charge >= 0.3 is 0 Å². The molecule has 0 aliphatic carbocycles. The summed E-state index contributed by atoms with van der Waals surface area (Å²) in [6.45, 7) is 5.37. The molecular formula is C12H20BrNO2S. The van der Waals surface area contributed by atoms with Gasteiger partial charge in [-0.3, -0.25) is 0 Å². The zero-order chi connectivity index (χ0) is 12.8. The van der Waals surface area contributed by atoms with E-state index in [9.17, 15) is 0 Å². The Bertz CT molecular complexity index is 341. The van der Waals surface area contributed by atoms with Crippen molar-refractivity contribution in [1.29, 1.82) is 0 Å². The van der Waals surface area contributed by atoms with Crippen LogP contribution in [0.4, 0.5) is 0 Å². The molecule has 5 heteroatoms. The van der Waals surface area contributed by atoms with Gasteiger partial charge in [0.2, 0.25) is 0 Å². The first-order valence-corrected chi connectivity index (χ1v) is 7.35. The molecule has 0 spiro atoms. The number of thiophene rings is 1. The van der Waals surface area contributed by atoms with Crippen LogP contribution in [0.3, 0.4) is 0 Å². The molecule has 0 radical (unpaired) electrons. The summed E-state index contributed by atoms with van der Waals surface area (Å²) < 4.78 is 6.24. The summed E-state index contributed by atoms with van der Waals surface area (Å²) >= 11 is 5.10. The Morgan fingerprint density at radius 2 is 2.24 bits per heavy atom. The molecule has 1 aromatic rings. The molecule has 1 rings (SSSR count). The van der Waals surface area contributed by atoms with E-state index >= 15 is 0 Å². The second-order valence-electron chi connectivity index (χ2n) is 4.30. The van der Waals surface area contributed by atoms with Crippen LogP contribution in [0, 0.1) is 5.92 Å². The Morgan fingerprint density at radius 1 is 1.53 bits per heavy atom. The minimum absolute atomic E-state index is 0.229. The SMILES string of the molecule is COc1sc(CNC(CCO)C(C)C)cc1Br. The summed E-state index contributed by atoms with van der Waals surface area (Å²) in [5, 5.41) is 13.4. The zero-order valence-corrected chi connectivity index (χ0v) is 12.9. The summed E-state index contributed by atoms with van der Waals surface area (Å²) in [4.78, 5) is 1.23. The lowest BCUT2D eigenvalue weighted by Crippen LogP contribution is -2.33. The molecule has 0 saturated carbocycles. The molecule has 1 atom stereocenters. The molecule has 1 unspecified atom stereocenters. The number of aliphatic hydroxyl groups excluding tert-OH is 1. The highest BCUT2D eigenvalue weighted by Crippen LogP contribution is 2.34. The number of ether oxygens (including phenoxy) is 1. The number of aliphatic hydroxyl groups is 1. The maximum atomic E-state index is 9.00. The topological polar surface area (TPSA) is 41.5 Å². The Kier molecular flexibility index (Phi) is 6.48. The van der Waals surface area contributed by atoms with Gasteiger partial charge in [0.15, 0.2) is 5.06 Å². The van der Waals surface area contributed by atoms with Gasteiger partial charge in [-0.15, -0.1) is 11.3 Å². The predicted molar refractivity (Wildman–Crippen MR) is 75.7 cm³/mol. The minimum Gasteiger partial charge on any atom is -0.486 e. The van der Waals surface area contributed by atoms with Crippen molar-refractivity contribution < 1.29 is 9.84 Å². The highest BCUT2D eigenvalue weighted by atomic mass is 79.9. The van der Waals surface area contributed by atoms with Crippen molar-refractivity contribution in [1.82, 2.24) is 5.32 Å². The third-order valence-corrected chi connectivity index (χ3v) is 4.62. The van der Waals surface area contributed by atoms with Crippen LogP contribution in [0.5, 0.6) is 5.06 Å². The molecule has 0 aliphatic heterocycles. The fourth-order valence-electron chi connectivity index (χ4n) is 1.67. The Hall–Kier alpha value is -0.100. The quantitative estimate of drug-likeness (QED) is 0.811. The van der Waals surface area contributed by atoms with Gasteiger partial charge < -0.3 is 15.2 Å². The Morgan fingerprint density at radius 3 is 2.71 bits per heavy atom. The molecule has 3 nitrogen and oxygen atoms in total. The lowest BCUT2D eigenvalue weighted by Gasteiger charge is -2.21. The summed E-state index contributed by atoms with van der Waals surface area (Å²) in [6.07, 6.45) is 0.793. The van der Waals surface area contributed by atoms with E-state index in [2.05, 4.69) is 41.2 Å². The fraction of sp³-hybridized carbons (Fsp3) is 0.667. The zero-order valence-electron chi connectivity index (χ0n) is 10.5. The molecule has 0 saturated heterocycles. The van der Waals surface area contributed by atoms with Gasteiger partial charge in [0.25, 0.3) is 0 Å². The standard InChI is InChI=1S/C12H20BrNO2S/c1-8(2)11(4-5-15)14-7-9-6-10(13)12(16-3)17-9/h6,8,11,14-15H,4-5,7H2,1-3H3. The molecule has 0 amide bonds. The lowest BCUT2D eigenvalue weighted by atomic mass is 10.0. The van der Waals surface area contributed by atoms with Gasteiger partial charge in [-0.2, -0.15) is 0 Å². The average Bonchev–Trinajstić information content (AvgIpc) is 2.64. The van der Waals surface area contributed by atoms with Gasteiger partial charge in [-0.1, -0.05) is 13.8 Å². The van der Waals surface area contributed by atoms with Crippen molar-refractivity contribution in [2.24, 2.45) is 5.92 Å². The smallest absolute Gasteiger partial charge is 0.188 e. The molecule has 98 valence electrons. The Balaban J connectivity index is 2.52. The van der Waals surface area contributed by atoms with Crippen molar-refractivity contribution in [3.63, 3.8) is 0 Å². The van der Waals surface area contributed by atoms with E-state index < -0.39 is 0 Å². The van der Waals surface area contributed by atoms with Crippen molar-refractivity contribution in [3.8, 4) is 5.06 Å². The predicted octanol–water partition coefficient (Wildman–Crippen LogP) is 3.02. The minimum atomic E-state index is 0.229. The largest absolute Gasteiger partial charge is 0.486 e. The van der Waals surface area contributed by atoms with Crippen LogP contribution in [0.15, 0.2) is 10.5 Å². The molecule has 0 aliphatic rings. The molecule has 1 aromatic heterocycles. The molecule has 2 N–H and O–H groups in total. The molecule has 0 bridgehead atoms. The average molecular weight is 322 g/mol. The van der Waals surface area contributed by atoms with Crippen LogP contribution in [0.2, 0.25) is 0 Å². The van der Waals surface area contributed by atoms with E-state index in [0.717, 1.165) is 22.5 Å². The normalized spacial score (nSPS) is 13.1. The van der Waals surface area contributed by atoms with Crippen LogP contribution >= 0.6 is 27.3 Å². The third-order valence-electron chi connectivity index (χ3n) is 2.68. The summed E-state index contributed by atoms with van der Waals surface area (Å²) in [5.74, 6) is 0.521. The van der Waals surface area contributed by atoms with E-state index in [1.165, 1.54) is 4.88 Å². The van der Waals surface area contributed by atoms with Gasteiger partial charge in [0, 0.05) is 24.1 Å². The van der Waals surface area contributed by atoms with Crippen LogP contribution in [-0.4, -0.2) is 24.9 Å². The first-order valence-electron chi connectivity index (χ1n) is 5.75. The molecule has 17 heavy (non-hydrogen) atoms. The second kappa shape index (κ2) is 7.36. The highest BCUT2D eigenvalue weighted by Gasteiger charge is 2.13. The number of rotatable bonds is 7. The van der Waals surface area contributed by atoms with E-state index in [4.69, 9.17) is 9.84 Å². The number of halogens is 1. The van der Waals surface area contributed by atoms with E-state index in [-0.39, 0.29) is 6.61 Å². The molecule has 0 fully saturated rings. The van der Waals surface area contributed by atoms with Crippen LogP contribution in [0.1, 0.15) is 25.1 Å². The first-order chi connectivity index (χ1) is 8.08. The van der Waals surface area contributed by atoms with E-state index in [1.807, 2.05) is 0 Å². The fourth-order valence-corrected chi connectivity index (χ4v) is 3.31. The molecule has 1 heterocycles. The summed E-state index contributed by atoms with van der Waals surface area (Å²) in [6, 6.07) is 2.43. The third kappa shape index (κ3) is 4.58. The second-order valence-corrected chi connectivity index (χ2v) is 6.25. The number of hydrogen-bond donors (Lipinski definition) is 2. The van der Waals surface area contributed by atoms with Crippen LogP contribution in [0.25, 0.3) is 0 Å². The molecule has 0 aromatic carbocycles. The van der Waals surface area contributed by atoms with E-state index in [0.29, 0.717) is 12.0 Å². The van der Waals surface area contributed by atoms with E-state index in [1.54, 1.807) is 18.4 Å². The van der Waals surface area contributed by atoms with Crippen molar-refractivity contribution in [3.05, 3.63) is 15.4 Å². The van der Waals surface area contributed by atoms with Gasteiger partial charge in [-0.05, 0) is 34.3 Å².